The molecule has 0 N–H and O–H groups in total. The van der Waals surface area contributed by atoms with Gasteiger partial charge in [0.2, 0.25) is 0 Å². The first kappa shape index (κ1) is 16.5. The molecular formula is CF3Li2O2S. The molecule has 9 heavy (non-hydrogen) atoms. The van der Waals surface area contributed by atoms with Gasteiger partial charge in [-0.3, -0.25) is 0 Å². The summed E-state index contributed by atoms with van der Waals surface area (Å²) < 4.78 is 49.5. The topological polar surface area (TPSA) is 34.1 Å². The molecule has 0 amide bonds. The molecule has 1 radical (unpaired) electrons. The molecular weight excluding hydrogens is 147 g/mol. The van der Waals surface area contributed by atoms with E-state index in [2.05, 4.69) is 0 Å². The van der Waals surface area contributed by atoms with Crippen molar-refractivity contribution in [2.24, 2.45) is 0 Å². The van der Waals surface area contributed by atoms with Gasteiger partial charge in [0.15, 0.2) is 0 Å². The molecule has 0 fully saturated rings. The van der Waals surface area contributed by atoms with Gasteiger partial charge in [0.05, 0.1) is 0 Å². The fourth-order valence-corrected chi connectivity index (χ4v) is 0. The molecule has 0 saturated carbocycles. The second-order valence-corrected chi connectivity index (χ2v) is 1.61. The Labute approximate surface area is 75.5 Å². The van der Waals surface area contributed by atoms with Crippen LogP contribution in [0.2, 0.25) is 0 Å². The first-order chi connectivity index (χ1) is 2.94. The fourth-order valence-electron chi connectivity index (χ4n) is 0. The van der Waals surface area contributed by atoms with Gasteiger partial charge in [-0.25, -0.2) is 0 Å². The molecule has 0 aliphatic heterocycles. The van der Waals surface area contributed by atoms with Crippen LogP contribution in [0.4, 0.5) is 13.2 Å². The van der Waals surface area contributed by atoms with Crippen molar-refractivity contribution in [2.75, 3.05) is 0 Å². The van der Waals surface area contributed by atoms with Crippen LogP contribution < -0.4 is 18.9 Å². The van der Waals surface area contributed by atoms with Crippen LogP contribution in [0.3, 0.4) is 0 Å². The van der Waals surface area contributed by atoms with Crippen LogP contribution >= 0.6 is 0 Å². The summed E-state index contributed by atoms with van der Waals surface area (Å²) >= 11 is 0. The molecule has 0 aliphatic rings. The summed E-state index contributed by atoms with van der Waals surface area (Å²) in [6.07, 6.45) is 0. The van der Waals surface area contributed by atoms with Crippen LogP contribution in [0.15, 0.2) is 0 Å². The van der Waals surface area contributed by atoms with Gasteiger partial charge in [-0.05, 0) is 0 Å². The monoisotopic (exact) mass is 147 g/mol. The van der Waals surface area contributed by atoms with Crippen LogP contribution in [0.5, 0.6) is 0 Å². The molecule has 0 saturated heterocycles. The van der Waals surface area contributed by atoms with Crippen LogP contribution in [0, 0.1) is 0 Å². The van der Waals surface area contributed by atoms with E-state index in [9.17, 15) is 13.2 Å². The molecule has 8 heteroatoms. The molecule has 0 unspecified atom stereocenters. The zero-order chi connectivity index (χ0) is 6.08. The molecule has 0 aromatic rings. The minimum absolute atomic E-state index is 0. The predicted octanol–water partition coefficient (Wildman–Crippen LogP) is -2.56. The van der Waals surface area contributed by atoms with Gasteiger partial charge >= 0.3 is 24.4 Å². The maximum atomic E-state index is 10.6. The first-order valence-electron chi connectivity index (χ1n) is 1.10. The third-order valence-corrected chi connectivity index (χ3v) is 0.567. The Balaban J connectivity index is -0.000000180. The van der Waals surface area contributed by atoms with E-state index in [0.29, 0.717) is 0 Å². The number of hydrogen-bond acceptors (Lipinski definition) is 3. The van der Waals surface area contributed by atoms with E-state index in [0.717, 1.165) is 0 Å². The molecule has 0 rings (SSSR count). The number of rotatable bonds is 0. The minimum Gasteiger partial charge on any atom is -0.416 e. The normalized spacial score (nSPS) is 9.78. The van der Waals surface area contributed by atoms with Crippen LogP contribution in [0.1, 0.15) is 0 Å². The maximum Gasteiger partial charge on any atom is 1.00 e. The Kier molecular flexibility index (Phi) is 10.4. The van der Waals surface area contributed by atoms with Crippen molar-refractivity contribution >= 4 is 29.6 Å². The van der Waals surface area contributed by atoms with Crippen molar-refractivity contribution in [3.8, 4) is 0 Å². The van der Waals surface area contributed by atoms with Crippen molar-refractivity contribution in [1.82, 2.24) is 0 Å². The van der Waals surface area contributed by atoms with Gasteiger partial charge in [-0.2, -0.15) is 13.2 Å². The van der Waals surface area contributed by atoms with Crippen molar-refractivity contribution in [3.63, 3.8) is 0 Å². The first-order valence-corrected chi connectivity index (χ1v) is 2.18. The van der Waals surface area contributed by atoms with E-state index < -0.39 is 16.2 Å². The Bertz CT molecular complexity index is 120. The van der Waals surface area contributed by atoms with E-state index in [-0.39, 0.29) is 37.7 Å². The molecule has 45 valence electrons. The molecule has 0 spiro atoms. The second kappa shape index (κ2) is 5.70. The summed E-state index contributed by atoms with van der Waals surface area (Å²) in [6, 6.07) is 0. The maximum absolute atomic E-state index is 10.6. The Morgan fingerprint density at radius 2 is 1.22 bits per heavy atom. The largest absolute Gasteiger partial charge is 1.00 e. The predicted molar refractivity (Wildman–Crippen MR) is 20.5 cm³/mol. The summed E-state index contributed by atoms with van der Waals surface area (Å²) in [6.45, 7) is 0. The fraction of sp³-hybridized carbons (Fsp3) is 1.00. The van der Waals surface area contributed by atoms with E-state index in [1.54, 1.807) is 0 Å². The SMILES string of the molecule is O=[S-](=O)C(F)(F)F.[Li+].[Li]. The summed E-state index contributed by atoms with van der Waals surface area (Å²) in [5.41, 5.74) is -5.08. The van der Waals surface area contributed by atoms with Gasteiger partial charge in [-0.1, -0.05) is 0 Å². The van der Waals surface area contributed by atoms with Crippen molar-refractivity contribution in [2.45, 2.75) is 5.51 Å². The molecule has 0 aliphatic carbocycles. The van der Waals surface area contributed by atoms with E-state index in [1.165, 1.54) is 0 Å². The molecule has 0 aromatic carbocycles. The quantitative estimate of drug-likeness (QED) is 0.279. The molecule has 0 bridgehead atoms. The Hall–Kier alpha value is 0.935. The van der Waals surface area contributed by atoms with Gasteiger partial charge in [0.1, 0.15) is 0 Å². The van der Waals surface area contributed by atoms with Crippen molar-refractivity contribution in [3.05, 3.63) is 0 Å². The van der Waals surface area contributed by atoms with Gasteiger partial charge < -0.3 is 8.42 Å². The van der Waals surface area contributed by atoms with Crippen LogP contribution in [-0.2, 0) is 19.1 Å². The summed E-state index contributed by atoms with van der Waals surface area (Å²) in [5.74, 6) is 0. The third kappa shape index (κ3) is 8.93. The average molecular weight is 147 g/mol. The summed E-state index contributed by atoms with van der Waals surface area (Å²) in [7, 11) is -3.93. The van der Waals surface area contributed by atoms with Crippen molar-refractivity contribution in [1.29, 1.82) is 0 Å². The molecule has 2 nitrogen and oxygen atoms in total. The number of halogens is 3. The van der Waals surface area contributed by atoms with Gasteiger partial charge in [-0.15, -0.1) is 0 Å². The number of alkyl halides is 3. The van der Waals surface area contributed by atoms with E-state index in [1.807, 2.05) is 0 Å². The summed E-state index contributed by atoms with van der Waals surface area (Å²) in [5, 5.41) is 0. The van der Waals surface area contributed by atoms with Gasteiger partial charge in [0, 0.05) is 29.6 Å². The van der Waals surface area contributed by atoms with Gasteiger partial charge in [0.25, 0.3) is 0 Å². The summed E-state index contributed by atoms with van der Waals surface area (Å²) in [4.78, 5) is 0. The smallest absolute Gasteiger partial charge is 0.416 e. The van der Waals surface area contributed by atoms with E-state index >= 15 is 0 Å². The van der Waals surface area contributed by atoms with E-state index in [4.69, 9.17) is 8.42 Å². The zero-order valence-corrected chi connectivity index (χ0v) is 5.68. The van der Waals surface area contributed by atoms with Crippen LogP contribution in [-0.4, -0.2) is 24.4 Å². The standard InChI is InChI=1S/CF3O2S.2Li/c2-1(3,4)7(5)6;;/q-1;;+1. The Morgan fingerprint density at radius 3 is 1.22 bits per heavy atom. The molecule has 0 heterocycles. The third-order valence-electron chi connectivity index (χ3n) is 0.189. The van der Waals surface area contributed by atoms with Crippen LogP contribution in [0.25, 0.3) is 0 Å². The Morgan fingerprint density at radius 1 is 1.11 bits per heavy atom. The molecule has 0 aromatic heterocycles. The van der Waals surface area contributed by atoms with Crippen molar-refractivity contribution < 1.29 is 40.4 Å². The average Bonchev–Trinajstić information content (AvgIpc) is 1.31. The number of hydrogen-bond donors (Lipinski definition) is 0. The second-order valence-electron chi connectivity index (χ2n) is 0.680. The molecule has 0 atom stereocenters. The zero-order valence-electron chi connectivity index (χ0n) is 4.86. The minimum atomic E-state index is -5.08.